The van der Waals surface area contributed by atoms with Gasteiger partial charge in [-0.15, -0.1) is 0 Å². The first kappa shape index (κ1) is 18.3. The molecule has 1 amide bonds. The number of nitrogens with one attached hydrogen (secondary N) is 1. The van der Waals surface area contributed by atoms with Gasteiger partial charge in [0.2, 0.25) is 0 Å². The number of benzene rings is 3. The molecule has 0 bridgehead atoms. The molecule has 0 aliphatic heterocycles. The summed E-state index contributed by atoms with van der Waals surface area (Å²) in [6.45, 7) is 3.95. The second kappa shape index (κ2) is 8.24. The number of rotatable bonds is 6. The summed E-state index contributed by atoms with van der Waals surface area (Å²) in [6.07, 6.45) is -0.733. The summed E-state index contributed by atoms with van der Waals surface area (Å²) in [5.41, 5.74) is 1.18. The molecule has 0 saturated heterocycles. The smallest absolute Gasteiger partial charge is 0.265 e. The van der Waals surface area contributed by atoms with E-state index in [1.165, 1.54) is 0 Å². The third kappa shape index (κ3) is 4.36. The molecule has 136 valence electrons. The molecule has 3 rings (SSSR count). The van der Waals surface area contributed by atoms with Gasteiger partial charge in [-0.05, 0) is 48.9 Å². The van der Waals surface area contributed by atoms with Crippen molar-refractivity contribution < 1.29 is 14.3 Å². The molecule has 5 nitrogen and oxygen atoms in total. The lowest BCUT2D eigenvalue weighted by Gasteiger charge is -2.17. The van der Waals surface area contributed by atoms with Gasteiger partial charge < -0.3 is 14.8 Å². The summed E-state index contributed by atoms with van der Waals surface area (Å²) in [5.74, 6) is 0.607. The van der Waals surface area contributed by atoms with Crippen LogP contribution in [0.3, 0.4) is 0 Å². The van der Waals surface area contributed by atoms with Crippen molar-refractivity contribution in [3.05, 3.63) is 66.2 Å². The van der Waals surface area contributed by atoms with Crippen molar-refractivity contribution in [1.82, 2.24) is 0 Å². The minimum Gasteiger partial charge on any atom is -0.490 e. The average molecular weight is 360 g/mol. The predicted octanol–water partition coefficient (Wildman–Crippen LogP) is 4.52. The fourth-order valence-electron chi connectivity index (χ4n) is 2.70. The molecule has 0 spiro atoms. The van der Waals surface area contributed by atoms with Gasteiger partial charge in [0.25, 0.3) is 5.91 Å². The largest absolute Gasteiger partial charge is 0.490 e. The van der Waals surface area contributed by atoms with Crippen LogP contribution in [0.15, 0.2) is 60.7 Å². The van der Waals surface area contributed by atoms with Gasteiger partial charge in [-0.1, -0.05) is 30.3 Å². The predicted molar refractivity (Wildman–Crippen MR) is 105 cm³/mol. The Balaban J connectivity index is 1.72. The van der Waals surface area contributed by atoms with Crippen molar-refractivity contribution in [2.45, 2.75) is 20.0 Å². The fraction of sp³-hybridized carbons (Fsp3) is 0.182. The highest BCUT2D eigenvalue weighted by Crippen LogP contribution is 2.29. The van der Waals surface area contributed by atoms with Gasteiger partial charge in [0.05, 0.1) is 18.2 Å². The van der Waals surface area contributed by atoms with Crippen LogP contribution >= 0.6 is 0 Å². The number of anilines is 1. The third-order valence-corrected chi connectivity index (χ3v) is 4.06. The number of nitriles is 1. The molecule has 1 atom stereocenters. The van der Waals surface area contributed by atoms with Gasteiger partial charge >= 0.3 is 0 Å². The normalized spacial score (nSPS) is 11.4. The van der Waals surface area contributed by atoms with Crippen LogP contribution in [-0.2, 0) is 4.79 Å². The average Bonchev–Trinajstić information content (AvgIpc) is 2.69. The molecule has 1 N–H and O–H groups in total. The van der Waals surface area contributed by atoms with Gasteiger partial charge in [-0.2, -0.15) is 5.26 Å². The summed E-state index contributed by atoms with van der Waals surface area (Å²) in [4.78, 5) is 12.5. The third-order valence-electron chi connectivity index (χ3n) is 4.06. The Kier molecular flexibility index (Phi) is 5.58. The molecular formula is C22H20N2O3. The minimum absolute atomic E-state index is 0.267. The Morgan fingerprint density at radius 1 is 1.07 bits per heavy atom. The Labute approximate surface area is 158 Å². The van der Waals surface area contributed by atoms with Crippen LogP contribution in [0.25, 0.3) is 10.8 Å². The molecule has 0 aliphatic carbocycles. The number of hydrogen-bond donors (Lipinski definition) is 1. The van der Waals surface area contributed by atoms with E-state index in [1.54, 1.807) is 25.1 Å². The summed E-state index contributed by atoms with van der Waals surface area (Å²) < 4.78 is 11.3. The topological polar surface area (TPSA) is 71.3 Å². The molecule has 5 heteroatoms. The second-order valence-electron chi connectivity index (χ2n) is 6.02. The van der Waals surface area contributed by atoms with E-state index in [0.29, 0.717) is 29.4 Å². The molecule has 0 heterocycles. The van der Waals surface area contributed by atoms with Gasteiger partial charge in [0, 0.05) is 11.8 Å². The SMILES string of the molecule is CCOc1cc(C#N)ccc1O[C@@H](C)C(=O)Nc1ccc2ccccc2c1. The maximum absolute atomic E-state index is 12.5. The Bertz CT molecular complexity index is 1010. The van der Waals surface area contributed by atoms with Gasteiger partial charge in [-0.25, -0.2) is 0 Å². The van der Waals surface area contributed by atoms with E-state index in [1.807, 2.05) is 49.4 Å². The molecule has 3 aromatic rings. The van der Waals surface area contributed by atoms with Crippen molar-refractivity contribution in [2.75, 3.05) is 11.9 Å². The van der Waals surface area contributed by atoms with Gasteiger partial charge in [-0.3, -0.25) is 4.79 Å². The van der Waals surface area contributed by atoms with E-state index in [0.717, 1.165) is 10.8 Å². The van der Waals surface area contributed by atoms with E-state index >= 15 is 0 Å². The van der Waals surface area contributed by atoms with Crippen molar-refractivity contribution in [3.8, 4) is 17.6 Å². The van der Waals surface area contributed by atoms with E-state index in [4.69, 9.17) is 14.7 Å². The zero-order chi connectivity index (χ0) is 19.2. The first-order valence-corrected chi connectivity index (χ1v) is 8.74. The standard InChI is InChI=1S/C22H20N2O3/c1-3-26-21-12-16(14-23)8-11-20(21)27-15(2)22(25)24-19-10-9-17-6-4-5-7-18(17)13-19/h4-13,15H,3H2,1-2H3,(H,24,25)/t15-/m0/s1. The van der Waals surface area contributed by atoms with Crippen LogP contribution in [0.5, 0.6) is 11.5 Å². The van der Waals surface area contributed by atoms with E-state index in [9.17, 15) is 4.79 Å². The molecule has 0 radical (unpaired) electrons. The molecule has 0 aromatic heterocycles. The van der Waals surface area contributed by atoms with Crippen molar-refractivity contribution in [3.63, 3.8) is 0 Å². The van der Waals surface area contributed by atoms with Crippen LogP contribution in [-0.4, -0.2) is 18.6 Å². The van der Waals surface area contributed by atoms with Crippen LogP contribution < -0.4 is 14.8 Å². The molecule has 27 heavy (non-hydrogen) atoms. The first-order chi connectivity index (χ1) is 13.1. The maximum Gasteiger partial charge on any atom is 0.265 e. The number of ether oxygens (including phenoxy) is 2. The number of carbonyl (C=O) groups is 1. The zero-order valence-corrected chi connectivity index (χ0v) is 15.2. The van der Waals surface area contributed by atoms with Crippen molar-refractivity contribution in [2.24, 2.45) is 0 Å². The number of carbonyl (C=O) groups excluding carboxylic acids is 1. The zero-order valence-electron chi connectivity index (χ0n) is 15.2. The number of amides is 1. The van der Waals surface area contributed by atoms with Crippen molar-refractivity contribution in [1.29, 1.82) is 5.26 Å². The molecule has 0 unspecified atom stereocenters. The Hall–Kier alpha value is -3.52. The van der Waals surface area contributed by atoms with Gasteiger partial charge in [0.1, 0.15) is 0 Å². The quantitative estimate of drug-likeness (QED) is 0.702. The fourth-order valence-corrected chi connectivity index (χ4v) is 2.70. The first-order valence-electron chi connectivity index (χ1n) is 8.74. The number of hydrogen-bond acceptors (Lipinski definition) is 4. The van der Waals surface area contributed by atoms with Gasteiger partial charge in [0.15, 0.2) is 17.6 Å². The van der Waals surface area contributed by atoms with Crippen LogP contribution in [0.4, 0.5) is 5.69 Å². The minimum atomic E-state index is -0.733. The summed E-state index contributed by atoms with van der Waals surface area (Å²) in [5, 5.41) is 14.1. The van der Waals surface area contributed by atoms with Crippen LogP contribution in [0.2, 0.25) is 0 Å². The maximum atomic E-state index is 12.5. The summed E-state index contributed by atoms with van der Waals surface area (Å²) in [6, 6.07) is 20.6. The molecule has 0 fully saturated rings. The molecule has 0 aliphatic rings. The monoisotopic (exact) mass is 360 g/mol. The van der Waals surface area contributed by atoms with Crippen LogP contribution in [0, 0.1) is 11.3 Å². The van der Waals surface area contributed by atoms with E-state index < -0.39 is 6.10 Å². The Morgan fingerprint density at radius 2 is 1.85 bits per heavy atom. The highest BCUT2D eigenvalue weighted by atomic mass is 16.5. The number of fused-ring (bicyclic) bond motifs is 1. The Morgan fingerprint density at radius 3 is 2.59 bits per heavy atom. The van der Waals surface area contributed by atoms with E-state index in [2.05, 4.69) is 11.4 Å². The van der Waals surface area contributed by atoms with Crippen molar-refractivity contribution >= 4 is 22.4 Å². The summed E-state index contributed by atoms with van der Waals surface area (Å²) >= 11 is 0. The molecular weight excluding hydrogens is 340 g/mol. The summed E-state index contributed by atoms with van der Waals surface area (Å²) in [7, 11) is 0. The van der Waals surface area contributed by atoms with Crippen LogP contribution in [0.1, 0.15) is 19.4 Å². The molecule has 3 aromatic carbocycles. The molecule has 0 saturated carbocycles. The second-order valence-corrected chi connectivity index (χ2v) is 6.02. The van der Waals surface area contributed by atoms with E-state index in [-0.39, 0.29) is 5.91 Å². The highest BCUT2D eigenvalue weighted by Gasteiger charge is 2.17. The number of nitrogens with zero attached hydrogens (tertiary/aromatic N) is 1. The lowest BCUT2D eigenvalue weighted by molar-refractivity contribution is -0.122. The highest BCUT2D eigenvalue weighted by molar-refractivity contribution is 5.96. The lowest BCUT2D eigenvalue weighted by atomic mass is 10.1. The lowest BCUT2D eigenvalue weighted by Crippen LogP contribution is -2.30.